The van der Waals surface area contributed by atoms with Crippen molar-refractivity contribution in [3.05, 3.63) is 146 Å². The van der Waals surface area contributed by atoms with Gasteiger partial charge in [0.1, 0.15) is 0 Å². The van der Waals surface area contributed by atoms with Gasteiger partial charge in [0.2, 0.25) is 0 Å². The number of carbonyl (C=O) groups is 2. The van der Waals surface area contributed by atoms with Crippen molar-refractivity contribution >= 4 is 35.0 Å². The standard InChI is InChI=1S/2C22H32O2.Mg/c2*1-2-3-4-5-6-7-8-9-10-11-12-13-14-15-16-17-18-19-20-21-22(23)24;/h2*10-21H,2-9H2,1H3,(H,23,24);/q;;+2/p-2/b2*11-10+,13-12+,15-14+,17-16+,19-18+,21-20+;. The van der Waals surface area contributed by atoms with Crippen molar-refractivity contribution in [3.8, 4) is 0 Å². The third kappa shape index (κ3) is 54.3. The Morgan fingerprint density at radius 2 is 0.571 bits per heavy atom. The molecule has 0 bridgehead atoms. The predicted molar refractivity (Wildman–Crippen MR) is 211 cm³/mol. The van der Waals surface area contributed by atoms with Crippen LogP contribution in [0.5, 0.6) is 0 Å². The van der Waals surface area contributed by atoms with E-state index < -0.39 is 11.9 Å². The number of aliphatic carboxylic acids is 2. The van der Waals surface area contributed by atoms with Crippen molar-refractivity contribution in [1.29, 1.82) is 0 Å². The minimum Gasteiger partial charge on any atom is -0.545 e. The van der Waals surface area contributed by atoms with Gasteiger partial charge in [-0.3, -0.25) is 0 Å². The molecule has 5 heteroatoms. The van der Waals surface area contributed by atoms with Crippen LogP contribution in [0, 0.1) is 0 Å². The number of carboxylic acids is 2. The van der Waals surface area contributed by atoms with Gasteiger partial charge in [-0.2, -0.15) is 0 Å². The molecule has 0 aliphatic rings. The van der Waals surface area contributed by atoms with E-state index >= 15 is 0 Å². The molecule has 49 heavy (non-hydrogen) atoms. The maximum Gasteiger partial charge on any atom is 2.00 e. The van der Waals surface area contributed by atoms with Gasteiger partial charge in [0.15, 0.2) is 0 Å². The molecule has 264 valence electrons. The van der Waals surface area contributed by atoms with Crippen molar-refractivity contribution in [3.63, 3.8) is 0 Å². The zero-order chi connectivity index (χ0) is 35.4. The van der Waals surface area contributed by atoms with Gasteiger partial charge in [0, 0.05) is 0 Å². The number of hydrogen-bond acceptors (Lipinski definition) is 4. The van der Waals surface area contributed by atoms with Crippen molar-refractivity contribution < 1.29 is 19.8 Å². The second-order valence-electron chi connectivity index (χ2n) is 11.1. The normalized spacial score (nSPS) is 12.8. The quantitative estimate of drug-likeness (QED) is 0.0357. The first-order chi connectivity index (χ1) is 23.5. The fourth-order valence-electron chi connectivity index (χ4n) is 4.08. The number of carboxylic acid groups (broad SMARTS) is 2. The molecule has 0 aliphatic carbocycles. The van der Waals surface area contributed by atoms with Gasteiger partial charge >= 0.3 is 23.1 Å². The van der Waals surface area contributed by atoms with Crippen molar-refractivity contribution in [2.75, 3.05) is 0 Å². The molecule has 0 atom stereocenters. The molecular formula is C44H62MgO4. The topological polar surface area (TPSA) is 80.3 Å². The van der Waals surface area contributed by atoms with Crippen LogP contribution in [0.1, 0.15) is 117 Å². The Balaban J connectivity index is -0.000000846. The predicted octanol–water partition coefficient (Wildman–Crippen LogP) is 10.0. The second kappa shape index (κ2) is 46.7. The summed E-state index contributed by atoms with van der Waals surface area (Å²) in [5, 5.41) is 20.2. The van der Waals surface area contributed by atoms with E-state index in [2.05, 4.69) is 38.2 Å². The minimum atomic E-state index is -1.19. The van der Waals surface area contributed by atoms with E-state index in [9.17, 15) is 19.8 Å². The Bertz CT molecular complexity index is 1020. The van der Waals surface area contributed by atoms with Crippen LogP contribution in [0.3, 0.4) is 0 Å². The molecule has 0 heterocycles. The molecular weight excluding hydrogens is 617 g/mol. The molecule has 0 aromatic carbocycles. The third-order valence-electron chi connectivity index (χ3n) is 6.69. The maximum absolute atomic E-state index is 10.1. The van der Waals surface area contributed by atoms with E-state index in [0.717, 1.165) is 25.0 Å². The summed E-state index contributed by atoms with van der Waals surface area (Å²) in [7, 11) is 0. The van der Waals surface area contributed by atoms with Gasteiger partial charge in [-0.1, -0.05) is 225 Å². The smallest absolute Gasteiger partial charge is 0.545 e. The van der Waals surface area contributed by atoms with Crippen LogP contribution in [0.4, 0.5) is 0 Å². The summed E-state index contributed by atoms with van der Waals surface area (Å²) in [5.41, 5.74) is 0. The van der Waals surface area contributed by atoms with E-state index in [0.29, 0.717) is 0 Å². The SMILES string of the molecule is CCCCCCCCC/C=C/C=C/C=C/C=C/C=C/C=C/C(=O)[O-].CCCCCCCCC/C=C/C=C/C=C/C=C/C=C/C=C/C(=O)[O-].[Mg+2]. The van der Waals surface area contributed by atoms with E-state index in [4.69, 9.17) is 0 Å². The second-order valence-corrected chi connectivity index (χ2v) is 11.1. The van der Waals surface area contributed by atoms with Crippen LogP contribution >= 0.6 is 0 Å². The van der Waals surface area contributed by atoms with E-state index in [1.807, 2.05) is 72.9 Å². The number of unbranched alkanes of at least 4 members (excludes halogenated alkanes) is 14. The Kier molecular flexibility index (Phi) is 47.6. The summed E-state index contributed by atoms with van der Waals surface area (Å²) in [5.74, 6) is -2.37. The van der Waals surface area contributed by atoms with Crippen LogP contribution in [0.15, 0.2) is 146 Å². The first-order valence-corrected chi connectivity index (χ1v) is 18.0. The van der Waals surface area contributed by atoms with Crippen LogP contribution < -0.4 is 10.2 Å². The molecule has 0 fully saturated rings. The van der Waals surface area contributed by atoms with E-state index in [-0.39, 0.29) is 23.1 Å². The summed E-state index contributed by atoms with van der Waals surface area (Å²) in [6.45, 7) is 4.50. The largest absolute Gasteiger partial charge is 2.00 e. The monoisotopic (exact) mass is 678 g/mol. The summed E-state index contributed by atoms with van der Waals surface area (Å²) >= 11 is 0. The van der Waals surface area contributed by atoms with Gasteiger partial charge in [0.05, 0.1) is 11.9 Å². The molecule has 0 rings (SSSR count). The molecule has 0 saturated carbocycles. The Morgan fingerprint density at radius 1 is 0.347 bits per heavy atom. The summed E-state index contributed by atoms with van der Waals surface area (Å²) in [6, 6.07) is 0. The van der Waals surface area contributed by atoms with Gasteiger partial charge in [-0.25, -0.2) is 0 Å². The Labute approximate surface area is 315 Å². The van der Waals surface area contributed by atoms with Gasteiger partial charge in [-0.05, 0) is 37.8 Å². The van der Waals surface area contributed by atoms with Crippen molar-refractivity contribution in [1.82, 2.24) is 0 Å². The zero-order valence-corrected chi connectivity index (χ0v) is 31.9. The Morgan fingerprint density at radius 3 is 0.837 bits per heavy atom. The van der Waals surface area contributed by atoms with Crippen LogP contribution in [0.25, 0.3) is 0 Å². The first kappa shape index (κ1) is 50.0. The van der Waals surface area contributed by atoms with Gasteiger partial charge < -0.3 is 19.8 Å². The fraction of sp³-hybridized carbons (Fsp3) is 0.409. The summed E-state index contributed by atoms with van der Waals surface area (Å²) < 4.78 is 0. The minimum absolute atomic E-state index is 0. The molecule has 0 amide bonds. The summed E-state index contributed by atoms with van der Waals surface area (Å²) in [6.07, 6.45) is 64.8. The number of carbonyl (C=O) groups excluding carboxylic acids is 2. The van der Waals surface area contributed by atoms with Crippen molar-refractivity contribution in [2.45, 2.75) is 117 Å². The third-order valence-corrected chi connectivity index (χ3v) is 6.69. The number of allylic oxidation sites excluding steroid dienone is 22. The zero-order valence-electron chi connectivity index (χ0n) is 30.5. The fourth-order valence-corrected chi connectivity index (χ4v) is 4.08. The average Bonchev–Trinajstić information content (AvgIpc) is 3.07. The molecule has 4 nitrogen and oxygen atoms in total. The first-order valence-electron chi connectivity index (χ1n) is 18.0. The maximum atomic E-state index is 10.1. The molecule has 0 aliphatic heterocycles. The molecule has 0 radical (unpaired) electrons. The molecule has 0 N–H and O–H groups in total. The molecule has 0 aromatic heterocycles. The van der Waals surface area contributed by atoms with Crippen LogP contribution in [-0.2, 0) is 9.59 Å². The molecule has 0 saturated heterocycles. The Hall–Kier alpha value is -3.41. The van der Waals surface area contributed by atoms with Crippen LogP contribution in [-0.4, -0.2) is 35.0 Å². The van der Waals surface area contributed by atoms with E-state index in [1.165, 1.54) is 102 Å². The summed E-state index contributed by atoms with van der Waals surface area (Å²) in [4.78, 5) is 20.2. The molecule has 0 unspecified atom stereocenters. The number of rotatable bonds is 28. The van der Waals surface area contributed by atoms with E-state index in [1.54, 1.807) is 24.3 Å². The van der Waals surface area contributed by atoms with Crippen molar-refractivity contribution in [2.24, 2.45) is 0 Å². The van der Waals surface area contributed by atoms with Crippen LogP contribution in [0.2, 0.25) is 0 Å². The average molecular weight is 679 g/mol. The number of hydrogen-bond donors (Lipinski definition) is 0. The molecule has 0 spiro atoms. The van der Waals surface area contributed by atoms with Gasteiger partial charge in [0.25, 0.3) is 0 Å². The molecule has 0 aromatic rings. The van der Waals surface area contributed by atoms with Gasteiger partial charge in [-0.15, -0.1) is 0 Å².